The molecule has 0 aliphatic rings. The maximum absolute atomic E-state index is 11.7. The highest BCUT2D eigenvalue weighted by Crippen LogP contribution is 2.21. The first kappa shape index (κ1) is 20.2. The fourth-order valence-electron chi connectivity index (χ4n) is 2.71. The van der Waals surface area contributed by atoms with E-state index in [4.69, 9.17) is 14.1 Å². The normalized spacial score (nSPS) is 10.1. The molecule has 0 amide bonds. The van der Waals surface area contributed by atoms with Crippen molar-refractivity contribution in [3.63, 3.8) is 0 Å². The monoisotopic (exact) mass is 388 g/mol. The van der Waals surface area contributed by atoms with E-state index in [1.165, 1.54) is 0 Å². The lowest BCUT2D eigenvalue weighted by Crippen LogP contribution is -2.07. The van der Waals surface area contributed by atoms with E-state index in [-0.39, 0.29) is 19.2 Å². The zero-order valence-electron chi connectivity index (χ0n) is 16.2. The summed E-state index contributed by atoms with van der Waals surface area (Å²) in [4.78, 5) is 23.4. The third-order valence-electron chi connectivity index (χ3n) is 4.24. The lowest BCUT2D eigenvalue weighted by Gasteiger charge is -2.08. The summed E-state index contributed by atoms with van der Waals surface area (Å²) in [5.41, 5.74) is 4.26. The Labute approximate surface area is 170 Å². The average molecular weight is 388 g/mol. The van der Waals surface area contributed by atoms with Gasteiger partial charge in [-0.1, -0.05) is 73.6 Å². The Hall–Kier alpha value is -3.54. The second-order valence-electron chi connectivity index (χ2n) is 6.31. The molecule has 0 aromatic heterocycles. The fourth-order valence-corrected chi connectivity index (χ4v) is 2.71. The van der Waals surface area contributed by atoms with Crippen molar-refractivity contribution in [2.45, 2.75) is 20.0 Å². The summed E-state index contributed by atoms with van der Waals surface area (Å²) in [5.74, 6) is -0.328. The number of carbonyl (C=O) groups is 2. The van der Waals surface area contributed by atoms with Crippen molar-refractivity contribution in [1.29, 1.82) is 0 Å². The van der Waals surface area contributed by atoms with Gasteiger partial charge < -0.3 is 14.1 Å². The van der Waals surface area contributed by atoms with Gasteiger partial charge in [-0.3, -0.25) is 0 Å². The van der Waals surface area contributed by atoms with Gasteiger partial charge in [0.1, 0.15) is 13.2 Å². The van der Waals surface area contributed by atoms with Crippen molar-refractivity contribution in [1.82, 2.24) is 0 Å². The molecule has 0 saturated heterocycles. The number of hydrogen-bond acceptors (Lipinski definition) is 5. The maximum atomic E-state index is 11.7. The number of ether oxygens (including phenoxy) is 2. The first-order valence-corrected chi connectivity index (χ1v) is 9.35. The molecule has 0 atom stereocenters. The third-order valence-corrected chi connectivity index (χ3v) is 4.24. The SMILES string of the molecule is CBOC(=O)c1ccc(-c2ccc(COC(=O)OCc3ccccc3)cc2)cc1. The van der Waals surface area contributed by atoms with Crippen molar-refractivity contribution in [2.75, 3.05) is 0 Å². The first-order valence-electron chi connectivity index (χ1n) is 9.35. The van der Waals surface area contributed by atoms with Gasteiger partial charge in [-0.05, 0) is 34.4 Å². The zero-order chi connectivity index (χ0) is 20.5. The average Bonchev–Trinajstić information content (AvgIpc) is 2.77. The lowest BCUT2D eigenvalue weighted by atomic mass is 10.0. The predicted molar refractivity (Wildman–Crippen MR) is 112 cm³/mol. The van der Waals surface area contributed by atoms with E-state index >= 15 is 0 Å². The molecular formula is C23H21BO5. The molecule has 0 spiro atoms. The van der Waals surface area contributed by atoms with Gasteiger partial charge >= 0.3 is 19.6 Å². The molecule has 5 nitrogen and oxygen atoms in total. The van der Waals surface area contributed by atoms with Gasteiger partial charge in [0.2, 0.25) is 0 Å². The van der Waals surface area contributed by atoms with E-state index < -0.39 is 6.16 Å². The van der Waals surface area contributed by atoms with Crippen LogP contribution in [0.5, 0.6) is 0 Å². The lowest BCUT2D eigenvalue weighted by molar-refractivity contribution is 0.0446. The molecule has 3 rings (SSSR count). The largest absolute Gasteiger partial charge is 0.537 e. The van der Waals surface area contributed by atoms with E-state index in [1.807, 2.05) is 66.7 Å². The van der Waals surface area contributed by atoms with Crippen LogP contribution in [0.15, 0.2) is 78.9 Å². The van der Waals surface area contributed by atoms with Gasteiger partial charge in [0.15, 0.2) is 0 Å². The van der Waals surface area contributed by atoms with E-state index in [0.29, 0.717) is 13.0 Å². The number of rotatable bonds is 7. The van der Waals surface area contributed by atoms with Crippen LogP contribution in [0.2, 0.25) is 6.82 Å². The van der Waals surface area contributed by atoms with Crippen LogP contribution < -0.4 is 0 Å². The molecule has 3 aromatic rings. The molecule has 0 fully saturated rings. The van der Waals surface area contributed by atoms with Gasteiger partial charge in [-0.15, -0.1) is 0 Å². The number of carbonyl (C=O) groups excluding carboxylic acids is 2. The van der Waals surface area contributed by atoms with Crippen LogP contribution >= 0.6 is 0 Å². The quantitative estimate of drug-likeness (QED) is 0.431. The Morgan fingerprint density at radius 3 is 1.79 bits per heavy atom. The van der Waals surface area contributed by atoms with Crippen LogP contribution in [-0.2, 0) is 27.3 Å². The summed E-state index contributed by atoms with van der Waals surface area (Å²) in [6, 6.07) is 24.3. The standard InChI is InChI=1S/C23H21BO5/c1-24-29-22(25)21-13-11-20(12-14-21)19-9-7-18(8-10-19)16-28-23(26)27-15-17-5-3-2-4-6-17/h2-14,24H,15-16H2,1H3. The van der Waals surface area contributed by atoms with Crippen molar-refractivity contribution in [3.05, 3.63) is 95.6 Å². The molecule has 0 heterocycles. The molecule has 146 valence electrons. The van der Waals surface area contributed by atoms with E-state index in [2.05, 4.69) is 0 Å². The van der Waals surface area contributed by atoms with Crippen molar-refractivity contribution in [2.24, 2.45) is 0 Å². The smallest absolute Gasteiger partial charge is 0.508 e. The van der Waals surface area contributed by atoms with Crippen molar-refractivity contribution in [3.8, 4) is 11.1 Å². The first-order chi connectivity index (χ1) is 14.2. The fraction of sp³-hybridized carbons (Fsp3) is 0.130. The molecule has 0 aliphatic heterocycles. The highest BCUT2D eigenvalue weighted by Gasteiger charge is 2.08. The minimum absolute atomic E-state index is 0.135. The van der Waals surface area contributed by atoms with Crippen LogP contribution in [0.25, 0.3) is 11.1 Å². The molecular weight excluding hydrogens is 367 g/mol. The number of hydrogen-bond donors (Lipinski definition) is 0. The summed E-state index contributed by atoms with van der Waals surface area (Å²) >= 11 is 0. The maximum Gasteiger partial charge on any atom is 0.508 e. The van der Waals surface area contributed by atoms with Crippen molar-refractivity contribution >= 4 is 19.6 Å². The Morgan fingerprint density at radius 1 is 0.724 bits per heavy atom. The van der Waals surface area contributed by atoms with Gasteiger partial charge in [-0.25, -0.2) is 9.59 Å². The molecule has 0 saturated carbocycles. The van der Waals surface area contributed by atoms with E-state index in [9.17, 15) is 9.59 Å². The topological polar surface area (TPSA) is 61.8 Å². The van der Waals surface area contributed by atoms with Crippen LogP contribution in [0.1, 0.15) is 21.5 Å². The summed E-state index contributed by atoms with van der Waals surface area (Å²) in [5, 5.41) is 0. The second-order valence-corrected chi connectivity index (χ2v) is 6.31. The minimum Gasteiger partial charge on any atom is -0.537 e. The predicted octanol–water partition coefficient (Wildman–Crippen LogP) is 4.76. The molecule has 0 bridgehead atoms. The van der Waals surface area contributed by atoms with Crippen LogP contribution in [0.3, 0.4) is 0 Å². The molecule has 29 heavy (non-hydrogen) atoms. The highest BCUT2D eigenvalue weighted by atomic mass is 16.7. The zero-order valence-corrected chi connectivity index (χ0v) is 16.2. The third kappa shape index (κ3) is 5.97. The summed E-state index contributed by atoms with van der Waals surface area (Å²) in [6.07, 6.45) is -0.701. The highest BCUT2D eigenvalue weighted by molar-refractivity contribution is 6.29. The molecule has 0 aliphatic carbocycles. The summed E-state index contributed by atoms with van der Waals surface area (Å²) in [7, 11) is 0.351. The van der Waals surface area contributed by atoms with Crippen LogP contribution in [0, 0.1) is 0 Å². The van der Waals surface area contributed by atoms with Crippen LogP contribution in [0.4, 0.5) is 4.79 Å². The Kier molecular flexibility index (Phi) is 7.06. The van der Waals surface area contributed by atoms with Gasteiger partial charge in [-0.2, -0.15) is 0 Å². The Balaban J connectivity index is 1.51. The van der Waals surface area contributed by atoms with Crippen LogP contribution in [-0.4, -0.2) is 19.6 Å². The Morgan fingerprint density at radius 2 is 1.24 bits per heavy atom. The second kappa shape index (κ2) is 10.1. The van der Waals surface area contributed by atoms with Crippen molar-refractivity contribution < 1.29 is 23.7 Å². The van der Waals surface area contributed by atoms with Gasteiger partial charge in [0.05, 0.1) is 5.56 Å². The van der Waals surface area contributed by atoms with Gasteiger partial charge in [0.25, 0.3) is 0 Å². The molecule has 0 unspecified atom stereocenters. The van der Waals surface area contributed by atoms with E-state index in [1.54, 1.807) is 19.0 Å². The molecule has 0 radical (unpaired) electrons. The summed E-state index contributed by atoms with van der Waals surface area (Å²) < 4.78 is 15.2. The van der Waals surface area contributed by atoms with E-state index in [0.717, 1.165) is 22.3 Å². The Bertz CT molecular complexity index is 937. The van der Waals surface area contributed by atoms with Gasteiger partial charge in [0, 0.05) is 0 Å². The molecule has 6 heteroatoms. The molecule has 3 aromatic carbocycles. The number of benzene rings is 3. The molecule has 0 N–H and O–H groups in total. The minimum atomic E-state index is -0.701. The summed E-state index contributed by atoms with van der Waals surface area (Å²) in [6.45, 7) is 2.09.